The van der Waals surface area contributed by atoms with E-state index in [4.69, 9.17) is 4.98 Å². The molecule has 37 heavy (non-hydrogen) atoms. The fraction of sp³-hybridized carbons (Fsp3) is 0.393. The number of aromatic nitrogens is 4. The highest BCUT2D eigenvalue weighted by Crippen LogP contribution is 2.30. The van der Waals surface area contributed by atoms with Crippen LogP contribution in [0.1, 0.15) is 44.7 Å². The number of amides is 1. The molecule has 1 aliphatic rings. The molecule has 9 nitrogen and oxygen atoms in total. The molecule has 5 rings (SSSR count). The van der Waals surface area contributed by atoms with E-state index in [2.05, 4.69) is 4.98 Å². The van der Waals surface area contributed by atoms with E-state index in [1.807, 2.05) is 43.3 Å². The number of ketones is 1. The van der Waals surface area contributed by atoms with Gasteiger partial charge >= 0.3 is 5.69 Å². The Morgan fingerprint density at radius 1 is 1.11 bits per heavy atom. The number of pyridine rings is 2. The van der Waals surface area contributed by atoms with Gasteiger partial charge in [0.15, 0.2) is 0 Å². The van der Waals surface area contributed by atoms with Gasteiger partial charge in [-0.2, -0.15) is 0 Å². The first-order valence-electron chi connectivity index (χ1n) is 12.7. The number of Topliss-reactive ketones (excluding diaryl/α,β-unsaturated/α-hetero) is 1. The van der Waals surface area contributed by atoms with Crippen LogP contribution in [-0.4, -0.2) is 60.0 Å². The molecule has 1 atom stereocenters. The van der Waals surface area contributed by atoms with Crippen LogP contribution in [-0.2, 0) is 23.1 Å². The molecule has 1 fully saturated rings. The van der Waals surface area contributed by atoms with Crippen molar-refractivity contribution in [3.05, 3.63) is 58.6 Å². The van der Waals surface area contributed by atoms with Crippen LogP contribution >= 0.6 is 0 Å². The summed E-state index contributed by atoms with van der Waals surface area (Å²) in [5.74, 6) is -0.0806. The molecule has 192 valence electrons. The maximum absolute atomic E-state index is 13.4. The predicted molar refractivity (Wildman–Crippen MR) is 141 cm³/mol. The first-order valence-corrected chi connectivity index (χ1v) is 12.7. The summed E-state index contributed by atoms with van der Waals surface area (Å²) in [6, 6.07) is 11.6. The molecule has 0 aliphatic carbocycles. The fourth-order valence-electron chi connectivity index (χ4n) is 5.14. The number of carbonyl (C=O) groups excluding carboxylic acids is 2. The Hall–Kier alpha value is -3.85. The van der Waals surface area contributed by atoms with Crippen LogP contribution in [0, 0.1) is 0 Å². The Bertz CT molecular complexity index is 1540. The van der Waals surface area contributed by atoms with Crippen molar-refractivity contribution >= 4 is 33.8 Å². The molecule has 0 bridgehead atoms. The Kier molecular flexibility index (Phi) is 6.64. The maximum Gasteiger partial charge on any atom is 0.329 e. The molecule has 1 N–H and O–H groups in total. The van der Waals surface area contributed by atoms with Crippen molar-refractivity contribution in [1.82, 2.24) is 24.0 Å². The summed E-state index contributed by atoms with van der Waals surface area (Å²) in [6.45, 7) is 4.30. The standard InChI is InChI=1S/C28H31N5O4/c1-4-21(35)15-18-5-7-19(8-6-18)22-9-10-23-25(30-22)26-24(16-29-23)31(3)28(37)33(26)20-11-13-32(14-12-20)27(36)17(2)34/h5-10,16-17,20,34H,4,11-15H2,1-3H3/t17-/m0/s1. The van der Waals surface area contributed by atoms with E-state index in [-0.39, 0.29) is 23.4 Å². The van der Waals surface area contributed by atoms with Crippen molar-refractivity contribution < 1.29 is 14.7 Å². The lowest BCUT2D eigenvalue weighted by atomic mass is 10.0. The van der Waals surface area contributed by atoms with Crippen LogP contribution in [0.15, 0.2) is 47.4 Å². The molecule has 0 saturated carbocycles. The molecule has 0 radical (unpaired) electrons. The Labute approximate surface area is 214 Å². The van der Waals surface area contributed by atoms with Gasteiger partial charge in [0.1, 0.15) is 17.4 Å². The number of nitrogens with zero attached hydrogens (tertiary/aromatic N) is 5. The van der Waals surface area contributed by atoms with Crippen molar-refractivity contribution in [2.24, 2.45) is 7.05 Å². The monoisotopic (exact) mass is 501 g/mol. The molecule has 1 aromatic carbocycles. The van der Waals surface area contributed by atoms with Crippen LogP contribution < -0.4 is 5.69 Å². The Morgan fingerprint density at radius 3 is 2.46 bits per heavy atom. The summed E-state index contributed by atoms with van der Waals surface area (Å²) in [5, 5.41) is 9.67. The SMILES string of the molecule is CCC(=O)Cc1ccc(-c2ccc3ncc4c(c3n2)n(C2CCN(C(=O)[C@H](C)O)CC2)c(=O)n4C)cc1. The number of fused-ring (bicyclic) bond motifs is 3. The minimum absolute atomic E-state index is 0.0966. The third-order valence-corrected chi connectivity index (χ3v) is 7.31. The Balaban J connectivity index is 1.55. The van der Waals surface area contributed by atoms with Crippen LogP contribution in [0.2, 0.25) is 0 Å². The molecular formula is C28H31N5O4. The molecule has 1 saturated heterocycles. The average Bonchev–Trinajstić information content (AvgIpc) is 3.18. The van der Waals surface area contributed by atoms with Crippen LogP contribution in [0.25, 0.3) is 33.3 Å². The van der Waals surface area contributed by atoms with Crippen LogP contribution in [0.5, 0.6) is 0 Å². The molecule has 0 spiro atoms. The normalized spacial score (nSPS) is 15.4. The van der Waals surface area contributed by atoms with Crippen molar-refractivity contribution in [1.29, 1.82) is 0 Å². The largest absolute Gasteiger partial charge is 0.384 e. The van der Waals surface area contributed by atoms with Gasteiger partial charge in [0.25, 0.3) is 5.91 Å². The second-order valence-electron chi connectivity index (χ2n) is 9.77. The topological polar surface area (TPSA) is 110 Å². The third kappa shape index (κ3) is 4.55. The molecular weight excluding hydrogens is 470 g/mol. The molecule has 1 amide bonds. The van der Waals surface area contributed by atoms with E-state index in [0.717, 1.165) is 22.3 Å². The fourth-order valence-corrected chi connectivity index (χ4v) is 5.14. The van der Waals surface area contributed by atoms with E-state index >= 15 is 0 Å². The van der Waals surface area contributed by atoms with E-state index in [1.54, 1.807) is 27.3 Å². The van der Waals surface area contributed by atoms with Gasteiger partial charge in [-0.3, -0.25) is 23.7 Å². The van der Waals surface area contributed by atoms with E-state index in [0.29, 0.717) is 55.3 Å². The molecule has 4 heterocycles. The van der Waals surface area contributed by atoms with E-state index in [9.17, 15) is 19.5 Å². The lowest BCUT2D eigenvalue weighted by molar-refractivity contribution is -0.140. The van der Waals surface area contributed by atoms with Gasteiger partial charge in [-0.1, -0.05) is 31.2 Å². The quantitative estimate of drug-likeness (QED) is 0.435. The highest BCUT2D eigenvalue weighted by molar-refractivity contribution is 6.00. The number of benzene rings is 1. The number of likely N-dealkylation sites (tertiary alicyclic amines) is 1. The number of imidazole rings is 1. The number of rotatable bonds is 6. The van der Waals surface area contributed by atoms with Gasteiger partial charge in [0, 0.05) is 44.6 Å². The van der Waals surface area contributed by atoms with Crippen molar-refractivity contribution in [2.45, 2.75) is 51.7 Å². The van der Waals surface area contributed by atoms with Gasteiger partial charge in [-0.25, -0.2) is 9.78 Å². The summed E-state index contributed by atoms with van der Waals surface area (Å²) < 4.78 is 3.41. The number of aryl methyl sites for hydroxylation is 1. The number of hydrogen-bond donors (Lipinski definition) is 1. The molecule has 3 aromatic heterocycles. The number of hydrogen-bond acceptors (Lipinski definition) is 6. The second-order valence-corrected chi connectivity index (χ2v) is 9.77. The van der Waals surface area contributed by atoms with Crippen LogP contribution in [0.4, 0.5) is 0 Å². The lowest BCUT2D eigenvalue weighted by Crippen LogP contribution is -2.44. The molecule has 1 aliphatic heterocycles. The summed E-state index contributed by atoms with van der Waals surface area (Å²) in [5.41, 5.74) is 5.31. The highest BCUT2D eigenvalue weighted by Gasteiger charge is 2.29. The van der Waals surface area contributed by atoms with Gasteiger partial charge in [-0.05, 0) is 37.5 Å². The van der Waals surface area contributed by atoms with Gasteiger partial charge < -0.3 is 10.0 Å². The van der Waals surface area contributed by atoms with Crippen molar-refractivity contribution in [3.8, 4) is 11.3 Å². The summed E-state index contributed by atoms with van der Waals surface area (Å²) >= 11 is 0. The average molecular weight is 502 g/mol. The predicted octanol–water partition coefficient (Wildman–Crippen LogP) is 3.02. The number of carbonyl (C=O) groups is 2. The first-order chi connectivity index (χ1) is 17.8. The zero-order chi connectivity index (χ0) is 26.3. The molecule has 0 unspecified atom stereocenters. The van der Waals surface area contributed by atoms with Crippen molar-refractivity contribution in [3.63, 3.8) is 0 Å². The number of aliphatic hydroxyl groups excluding tert-OH is 1. The van der Waals surface area contributed by atoms with Gasteiger partial charge in [-0.15, -0.1) is 0 Å². The maximum atomic E-state index is 13.4. The van der Waals surface area contributed by atoms with Crippen LogP contribution in [0.3, 0.4) is 0 Å². The van der Waals surface area contributed by atoms with E-state index < -0.39 is 6.10 Å². The first kappa shape index (κ1) is 24.8. The smallest absolute Gasteiger partial charge is 0.329 e. The second kappa shape index (κ2) is 9.89. The lowest BCUT2D eigenvalue weighted by Gasteiger charge is -2.33. The summed E-state index contributed by atoms with van der Waals surface area (Å²) in [6.07, 6.45) is 2.84. The Morgan fingerprint density at radius 2 is 1.81 bits per heavy atom. The van der Waals surface area contributed by atoms with Gasteiger partial charge in [0.05, 0.1) is 28.4 Å². The third-order valence-electron chi connectivity index (χ3n) is 7.31. The highest BCUT2D eigenvalue weighted by atomic mass is 16.3. The van der Waals surface area contributed by atoms with Gasteiger partial charge in [0.2, 0.25) is 0 Å². The summed E-state index contributed by atoms with van der Waals surface area (Å²) in [4.78, 5) is 48.6. The molecule has 4 aromatic rings. The number of piperidine rings is 1. The summed E-state index contributed by atoms with van der Waals surface area (Å²) in [7, 11) is 1.74. The number of aliphatic hydroxyl groups is 1. The minimum Gasteiger partial charge on any atom is -0.384 e. The van der Waals surface area contributed by atoms with E-state index in [1.165, 1.54) is 6.92 Å². The minimum atomic E-state index is -1.03. The zero-order valence-electron chi connectivity index (χ0n) is 21.3. The zero-order valence-corrected chi connectivity index (χ0v) is 21.3. The van der Waals surface area contributed by atoms with Crippen molar-refractivity contribution in [2.75, 3.05) is 13.1 Å². The molecule has 9 heteroatoms.